The number of benzene rings is 10. The normalized spacial score (nSPS) is 15.2. The minimum Gasteiger partial charge on any atom is -0.310 e. The van der Waals surface area contributed by atoms with Gasteiger partial charge in [0.15, 0.2) is 0 Å². The van der Waals surface area contributed by atoms with Gasteiger partial charge in [0.2, 0.25) is 0 Å². The van der Waals surface area contributed by atoms with E-state index in [1.807, 2.05) is 0 Å². The average Bonchev–Trinajstić information content (AvgIpc) is 3.92. The third-order valence-corrected chi connectivity index (χ3v) is 13.7. The van der Waals surface area contributed by atoms with E-state index in [9.17, 15) is 0 Å². The molecule has 272 valence electrons. The Morgan fingerprint density at radius 3 is 1.95 bits per heavy atom. The van der Waals surface area contributed by atoms with Gasteiger partial charge in [0.05, 0.1) is 27.8 Å². The highest BCUT2D eigenvalue weighted by atomic mass is 15.1. The second-order valence-corrected chi connectivity index (χ2v) is 16.3. The Bertz CT molecular complexity index is 3620. The fourth-order valence-electron chi connectivity index (χ4n) is 11.5. The number of aromatic nitrogens is 1. The highest BCUT2D eigenvalue weighted by Gasteiger charge is 2.52. The molecule has 0 saturated carbocycles. The first-order chi connectivity index (χ1) is 29.3. The maximum absolute atomic E-state index is 2.58. The van der Waals surface area contributed by atoms with Gasteiger partial charge in [0.1, 0.15) is 0 Å². The molecule has 11 aromatic rings. The largest absolute Gasteiger partial charge is 0.310 e. The molecule has 2 heteroatoms. The van der Waals surface area contributed by atoms with Crippen LogP contribution in [-0.2, 0) is 5.41 Å². The van der Waals surface area contributed by atoms with Gasteiger partial charge in [-0.3, -0.25) is 0 Å². The number of fused-ring (bicyclic) bond motifs is 17. The first-order valence-corrected chi connectivity index (χ1v) is 20.6. The van der Waals surface area contributed by atoms with E-state index >= 15 is 0 Å². The van der Waals surface area contributed by atoms with Crippen LogP contribution in [0.5, 0.6) is 0 Å². The highest BCUT2D eigenvalue weighted by Crippen LogP contribution is 2.65. The summed E-state index contributed by atoms with van der Waals surface area (Å²) in [6, 6.07) is 77.4. The average molecular weight is 747 g/mol. The summed E-state index contributed by atoms with van der Waals surface area (Å²) in [5.74, 6) is 0. The maximum atomic E-state index is 2.58. The van der Waals surface area contributed by atoms with E-state index in [0.717, 1.165) is 17.1 Å². The summed E-state index contributed by atoms with van der Waals surface area (Å²) < 4.78 is 2.54. The summed E-state index contributed by atoms with van der Waals surface area (Å²) in [6.45, 7) is 0. The Kier molecular flexibility index (Phi) is 5.99. The second kappa shape index (κ2) is 11.2. The fourth-order valence-corrected chi connectivity index (χ4v) is 11.5. The van der Waals surface area contributed by atoms with Crippen molar-refractivity contribution in [1.29, 1.82) is 0 Å². The summed E-state index contributed by atoms with van der Waals surface area (Å²) in [7, 11) is 0. The molecule has 2 heterocycles. The molecule has 0 fully saturated rings. The van der Waals surface area contributed by atoms with E-state index in [1.54, 1.807) is 0 Å². The molecule has 1 aromatic heterocycles. The van der Waals surface area contributed by atoms with Crippen molar-refractivity contribution in [3.8, 4) is 39.1 Å². The molecule has 1 aliphatic heterocycles. The Morgan fingerprint density at radius 1 is 0.373 bits per heavy atom. The molecule has 2 nitrogen and oxygen atoms in total. The third-order valence-electron chi connectivity index (χ3n) is 13.7. The SMILES string of the molecule is c1ccc(N(c2ccc3c(c2)C2(c4ccccc4-n4c5ccccc5c5cccc2c54)c2cc4c5c(cccc5c2-3)-c2ccccc2-4)c2cccc3ccccc23)cc1. The summed E-state index contributed by atoms with van der Waals surface area (Å²) >= 11 is 0. The van der Waals surface area contributed by atoms with E-state index in [-0.39, 0.29) is 0 Å². The standard InChI is InChI=1S/C57H34N2/c1-2-17-36(18-3-1)58(51-30-12-16-35-15-4-5-19-38(35)51)37-31-32-44-49(33-37)57(50-34-46-40-21-7-6-20-39(40)42-23-13-25-45(54(42)46)55(44)50)47-26-9-11-29-53(47)59-52-28-10-8-22-41(52)43-24-14-27-48(57)56(43)59/h1-34H. The molecular weight excluding hydrogens is 713 g/mol. The van der Waals surface area contributed by atoms with Crippen LogP contribution in [0.1, 0.15) is 22.3 Å². The Balaban J connectivity index is 1.17. The Hall–Kier alpha value is -7.68. The molecule has 14 rings (SSSR count). The predicted molar refractivity (Wildman–Crippen MR) is 246 cm³/mol. The van der Waals surface area contributed by atoms with Crippen LogP contribution in [0.3, 0.4) is 0 Å². The van der Waals surface area contributed by atoms with Crippen molar-refractivity contribution in [2.24, 2.45) is 0 Å². The van der Waals surface area contributed by atoms with Crippen molar-refractivity contribution in [2.75, 3.05) is 4.90 Å². The lowest BCUT2D eigenvalue weighted by Gasteiger charge is -2.40. The van der Waals surface area contributed by atoms with E-state index < -0.39 is 5.41 Å². The van der Waals surface area contributed by atoms with Crippen LogP contribution in [0.4, 0.5) is 17.1 Å². The summed E-state index contributed by atoms with van der Waals surface area (Å²) in [6.07, 6.45) is 0. The predicted octanol–water partition coefficient (Wildman–Crippen LogP) is 14.9. The van der Waals surface area contributed by atoms with Crippen LogP contribution in [0.25, 0.3) is 82.4 Å². The van der Waals surface area contributed by atoms with Gasteiger partial charge in [-0.25, -0.2) is 0 Å². The zero-order valence-electron chi connectivity index (χ0n) is 32.0. The molecule has 1 unspecified atom stereocenters. The molecule has 1 spiro atoms. The number of anilines is 3. The highest BCUT2D eigenvalue weighted by molar-refractivity contribution is 6.22. The topological polar surface area (TPSA) is 8.17 Å². The zero-order valence-corrected chi connectivity index (χ0v) is 32.0. The molecule has 0 N–H and O–H groups in total. The van der Waals surface area contributed by atoms with Gasteiger partial charge in [0, 0.05) is 27.5 Å². The molecule has 0 saturated heterocycles. The minimum absolute atomic E-state index is 0.611. The number of hydrogen-bond acceptors (Lipinski definition) is 1. The lowest BCUT2D eigenvalue weighted by atomic mass is 9.65. The molecule has 1 atom stereocenters. The molecule has 0 amide bonds. The second-order valence-electron chi connectivity index (χ2n) is 16.3. The van der Waals surface area contributed by atoms with E-state index in [1.165, 1.54) is 105 Å². The van der Waals surface area contributed by atoms with Crippen LogP contribution < -0.4 is 4.90 Å². The summed E-state index contributed by atoms with van der Waals surface area (Å²) in [5, 5.41) is 7.70. The van der Waals surface area contributed by atoms with Crippen molar-refractivity contribution in [3.63, 3.8) is 0 Å². The van der Waals surface area contributed by atoms with Crippen molar-refractivity contribution in [3.05, 3.63) is 229 Å². The minimum atomic E-state index is -0.611. The van der Waals surface area contributed by atoms with Crippen molar-refractivity contribution in [1.82, 2.24) is 4.57 Å². The summed E-state index contributed by atoms with van der Waals surface area (Å²) in [5.41, 5.74) is 19.8. The first kappa shape index (κ1) is 31.4. The third kappa shape index (κ3) is 3.82. The molecule has 2 aliphatic carbocycles. The molecular formula is C57H34N2. The van der Waals surface area contributed by atoms with Gasteiger partial charge in [0.25, 0.3) is 0 Å². The van der Waals surface area contributed by atoms with Crippen LogP contribution >= 0.6 is 0 Å². The molecule has 0 bridgehead atoms. The number of nitrogens with zero attached hydrogens (tertiary/aromatic N) is 2. The van der Waals surface area contributed by atoms with Gasteiger partial charge in [-0.05, 0) is 120 Å². The lowest BCUT2D eigenvalue weighted by molar-refractivity contribution is 0.749. The number of hydrogen-bond donors (Lipinski definition) is 0. The monoisotopic (exact) mass is 746 g/mol. The summed E-state index contributed by atoms with van der Waals surface area (Å²) in [4.78, 5) is 2.46. The van der Waals surface area contributed by atoms with Crippen molar-refractivity contribution in [2.45, 2.75) is 5.41 Å². The molecule has 0 radical (unpaired) electrons. The molecule has 10 aromatic carbocycles. The van der Waals surface area contributed by atoms with Gasteiger partial charge >= 0.3 is 0 Å². The quantitative estimate of drug-likeness (QED) is 0.175. The van der Waals surface area contributed by atoms with Crippen LogP contribution in [0.2, 0.25) is 0 Å². The fraction of sp³-hybridized carbons (Fsp3) is 0.0175. The number of para-hydroxylation sites is 4. The Labute approximate surface area is 341 Å². The van der Waals surface area contributed by atoms with Gasteiger partial charge in [-0.15, -0.1) is 0 Å². The smallest absolute Gasteiger partial charge is 0.0755 e. The molecule has 59 heavy (non-hydrogen) atoms. The number of rotatable bonds is 3. The van der Waals surface area contributed by atoms with E-state index in [2.05, 4.69) is 216 Å². The van der Waals surface area contributed by atoms with Gasteiger partial charge in [-0.1, -0.05) is 158 Å². The van der Waals surface area contributed by atoms with Gasteiger partial charge < -0.3 is 9.47 Å². The Morgan fingerprint density at radius 2 is 1.03 bits per heavy atom. The maximum Gasteiger partial charge on any atom is 0.0755 e. The van der Waals surface area contributed by atoms with E-state index in [0.29, 0.717) is 0 Å². The first-order valence-electron chi connectivity index (χ1n) is 20.6. The van der Waals surface area contributed by atoms with Gasteiger partial charge in [-0.2, -0.15) is 0 Å². The molecule has 3 aliphatic rings. The van der Waals surface area contributed by atoms with Crippen LogP contribution in [0.15, 0.2) is 206 Å². The lowest BCUT2D eigenvalue weighted by Crippen LogP contribution is -2.33. The van der Waals surface area contributed by atoms with Crippen molar-refractivity contribution >= 4 is 60.4 Å². The van der Waals surface area contributed by atoms with Crippen LogP contribution in [-0.4, -0.2) is 4.57 Å². The van der Waals surface area contributed by atoms with Crippen molar-refractivity contribution < 1.29 is 0 Å². The van der Waals surface area contributed by atoms with E-state index in [4.69, 9.17) is 0 Å². The zero-order chi connectivity index (χ0) is 38.4. The van der Waals surface area contributed by atoms with Crippen LogP contribution in [0, 0.1) is 0 Å².